The molecule has 0 aromatic carbocycles. The first-order valence-corrected chi connectivity index (χ1v) is 14.5. The third-order valence-corrected chi connectivity index (χ3v) is 7.70. The van der Waals surface area contributed by atoms with Crippen molar-refractivity contribution in [2.45, 2.75) is 72.1 Å². The van der Waals surface area contributed by atoms with Gasteiger partial charge in [-0.25, -0.2) is 19.6 Å². The molecule has 0 spiro atoms. The number of carbonyl (C=O) groups excluding carboxylic acids is 1. The normalized spacial score (nSPS) is 17.5. The van der Waals surface area contributed by atoms with E-state index in [0.717, 1.165) is 16.9 Å². The van der Waals surface area contributed by atoms with E-state index in [1.54, 1.807) is 16.8 Å². The molecule has 13 nitrogen and oxygen atoms in total. The molecule has 3 N–H and O–H groups in total. The Balaban J connectivity index is 1.54. The summed E-state index contributed by atoms with van der Waals surface area (Å²) in [6.45, 7) is 12.4. The van der Waals surface area contributed by atoms with Gasteiger partial charge >= 0.3 is 12.2 Å². The number of piperidine rings is 1. The topological polar surface area (TPSA) is 150 Å². The van der Waals surface area contributed by atoms with Crippen LogP contribution in [0.1, 0.15) is 63.9 Å². The molecule has 1 aliphatic heterocycles. The molecule has 0 bridgehead atoms. The maximum absolute atomic E-state index is 13.8. The smallest absolute Gasteiger partial charge is 0.416 e. The number of aromatic nitrogens is 5. The number of aliphatic hydroxyl groups excluding tert-OH is 1. The fraction of sp³-hybridized carbons (Fsp3) is 0.500. The van der Waals surface area contributed by atoms with Gasteiger partial charge in [-0.3, -0.25) is 4.90 Å². The first-order valence-electron chi connectivity index (χ1n) is 14.5. The zero-order valence-corrected chi connectivity index (χ0v) is 25.5. The predicted molar refractivity (Wildman–Crippen MR) is 162 cm³/mol. The number of carboxylic acid groups (broad SMARTS) is 1. The van der Waals surface area contributed by atoms with Crippen LogP contribution in [-0.4, -0.2) is 82.6 Å². The Bertz CT molecular complexity index is 1640. The number of nitrogens with zero attached hydrogens (tertiary/aromatic N) is 7. The van der Waals surface area contributed by atoms with E-state index in [2.05, 4.69) is 24.3 Å². The number of aryl methyl sites for hydroxylation is 1. The highest BCUT2D eigenvalue weighted by Gasteiger charge is 2.31. The monoisotopic (exact) mass is 592 g/mol. The Morgan fingerprint density at radius 1 is 1.23 bits per heavy atom. The van der Waals surface area contributed by atoms with Crippen LogP contribution < -0.4 is 10.2 Å². The van der Waals surface area contributed by atoms with E-state index in [1.807, 2.05) is 56.5 Å². The number of β-amino-alcohol motifs (C(OH)–C–C–N with tert-alkyl or cyclic N) is 1. The number of amides is 2. The van der Waals surface area contributed by atoms with Gasteiger partial charge in [0, 0.05) is 42.5 Å². The van der Waals surface area contributed by atoms with E-state index in [-0.39, 0.29) is 24.9 Å². The fourth-order valence-electron chi connectivity index (χ4n) is 5.30. The van der Waals surface area contributed by atoms with Crippen LogP contribution in [0, 0.1) is 12.8 Å². The number of likely N-dealkylation sites (tertiary alicyclic amines) is 1. The standard InChI is InChI=1S/C30H40N8O5/c1-18(2)21-15-32-38-26(13-24(34-27(21)38)31-14-20-10-12-35(28(40)41)17-23(20)39)37(29(42)43-30(4,5)6)16-22-19(3)36-11-8-7-9-25(36)33-22/h7-9,11,13,15,18,20,23,39H,10,12,14,16-17H2,1-6H3,(H,31,34)(H,40,41)/t20-,23+/m1/s1. The van der Waals surface area contributed by atoms with Crippen molar-refractivity contribution >= 4 is 35.1 Å². The molecule has 5 heterocycles. The minimum atomic E-state index is -1.03. The van der Waals surface area contributed by atoms with Gasteiger partial charge in [0.2, 0.25) is 0 Å². The lowest BCUT2D eigenvalue weighted by atomic mass is 9.94. The predicted octanol–water partition coefficient (Wildman–Crippen LogP) is 4.52. The number of imidazole rings is 1. The molecule has 43 heavy (non-hydrogen) atoms. The molecule has 1 fully saturated rings. The number of carbonyl (C=O) groups is 2. The van der Waals surface area contributed by atoms with Gasteiger partial charge in [-0.05, 0) is 52.2 Å². The number of hydrogen-bond acceptors (Lipinski definition) is 8. The molecule has 4 aromatic heterocycles. The Morgan fingerprint density at radius 2 is 2.00 bits per heavy atom. The third-order valence-electron chi connectivity index (χ3n) is 7.70. The van der Waals surface area contributed by atoms with Crippen LogP contribution in [0.15, 0.2) is 36.7 Å². The van der Waals surface area contributed by atoms with Gasteiger partial charge in [-0.15, -0.1) is 0 Å². The van der Waals surface area contributed by atoms with Gasteiger partial charge in [-0.1, -0.05) is 19.9 Å². The van der Waals surface area contributed by atoms with Crippen molar-refractivity contribution in [1.29, 1.82) is 0 Å². The molecule has 230 valence electrons. The van der Waals surface area contributed by atoms with E-state index in [4.69, 9.17) is 14.7 Å². The zero-order chi connectivity index (χ0) is 31.1. The van der Waals surface area contributed by atoms with E-state index >= 15 is 0 Å². The first-order chi connectivity index (χ1) is 20.3. The summed E-state index contributed by atoms with van der Waals surface area (Å²) >= 11 is 0. The molecule has 5 rings (SSSR count). The Morgan fingerprint density at radius 3 is 2.65 bits per heavy atom. The third kappa shape index (κ3) is 6.36. The van der Waals surface area contributed by atoms with Gasteiger partial charge in [0.1, 0.15) is 22.9 Å². The minimum absolute atomic E-state index is 0.0598. The number of aliphatic hydroxyl groups is 1. The summed E-state index contributed by atoms with van der Waals surface area (Å²) in [5.74, 6) is 0.893. The van der Waals surface area contributed by atoms with Crippen LogP contribution in [0.25, 0.3) is 11.3 Å². The highest BCUT2D eigenvalue weighted by molar-refractivity contribution is 5.88. The quantitative estimate of drug-likeness (QED) is 0.281. The number of hydrogen-bond donors (Lipinski definition) is 3. The summed E-state index contributed by atoms with van der Waals surface area (Å²) in [6, 6.07) is 7.51. The summed E-state index contributed by atoms with van der Waals surface area (Å²) in [5, 5.41) is 27.9. The second kappa shape index (κ2) is 11.7. The lowest BCUT2D eigenvalue weighted by Crippen LogP contribution is -2.47. The molecular weight excluding hydrogens is 552 g/mol. The number of fused-ring (bicyclic) bond motifs is 2. The first kappa shape index (κ1) is 30.1. The van der Waals surface area contributed by atoms with Crippen LogP contribution in [0.2, 0.25) is 0 Å². The number of nitrogens with one attached hydrogen (secondary N) is 1. The van der Waals surface area contributed by atoms with Crippen molar-refractivity contribution in [3.05, 3.63) is 53.6 Å². The zero-order valence-electron chi connectivity index (χ0n) is 25.5. The van der Waals surface area contributed by atoms with Crippen LogP contribution in [-0.2, 0) is 11.3 Å². The van der Waals surface area contributed by atoms with Crippen LogP contribution >= 0.6 is 0 Å². The molecular formula is C30H40N8O5. The largest absolute Gasteiger partial charge is 0.465 e. The van der Waals surface area contributed by atoms with Crippen molar-refractivity contribution in [3.63, 3.8) is 0 Å². The molecule has 4 aromatic rings. The van der Waals surface area contributed by atoms with Gasteiger partial charge < -0.3 is 29.6 Å². The summed E-state index contributed by atoms with van der Waals surface area (Å²) in [7, 11) is 0. The van der Waals surface area contributed by atoms with Crippen molar-refractivity contribution in [1.82, 2.24) is 28.9 Å². The highest BCUT2D eigenvalue weighted by atomic mass is 16.6. The Labute approximate surface area is 250 Å². The molecule has 1 saturated heterocycles. The molecule has 1 aliphatic rings. The van der Waals surface area contributed by atoms with E-state index in [1.165, 1.54) is 9.80 Å². The fourth-order valence-corrected chi connectivity index (χ4v) is 5.30. The second-order valence-electron chi connectivity index (χ2n) is 12.4. The van der Waals surface area contributed by atoms with Gasteiger partial charge in [-0.2, -0.15) is 9.61 Å². The average molecular weight is 593 g/mol. The second-order valence-corrected chi connectivity index (χ2v) is 12.4. The lowest BCUT2D eigenvalue weighted by Gasteiger charge is -2.34. The van der Waals surface area contributed by atoms with Crippen molar-refractivity contribution < 1.29 is 24.5 Å². The van der Waals surface area contributed by atoms with E-state index < -0.39 is 23.9 Å². The molecule has 0 aliphatic carbocycles. The number of rotatable bonds is 7. The highest BCUT2D eigenvalue weighted by Crippen LogP contribution is 2.29. The maximum atomic E-state index is 13.8. The van der Waals surface area contributed by atoms with E-state index in [0.29, 0.717) is 42.5 Å². The van der Waals surface area contributed by atoms with Crippen LogP contribution in [0.3, 0.4) is 0 Å². The summed E-state index contributed by atoms with van der Waals surface area (Å²) in [6.07, 6.45) is 1.81. The van der Waals surface area contributed by atoms with Gasteiger partial charge in [0.25, 0.3) is 0 Å². The molecule has 0 radical (unpaired) electrons. The van der Waals surface area contributed by atoms with Crippen LogP contribution in [0.4, 0.5) is 21.2 Å². The Kier molecular flexibility index (Phi) is 8.19. The van der Waals surface area contributed by atoms with E-state index in [9.17, 15) is 19.8 Å². The summed E-state index contributed by atoms with van der Waals surface area (Å²) in [5.41, 5.74) is 3.14. The SMILES string of the molecule is Cc1c(CN(C(=O)OC(C)(C)C)c2cc(NC[C@H]3CCN(C(=O)O)C[C@@H]3O)nc3c(C(C)C)cnn23)nc2ccccn12. The summed E-state index contributed by atoms with van der Waals surface area (Å²) in [4.78, 5) is 37.6. The molecule has 0 unspecified atom stereocenters. The van der Waals surface area contributed by atoms with Gasteiger partial charge in [0.15, 0.2) is 5.65 Å². The van der Waals surface area contributed by atoms with Crippen LogP contribution in [0.5, 0.6) is 0 Å². The number of ether oxygens (including phenoxy) is 1. The number of anilines is 2. The molecule has 2 atom stereocenters. The summed E-state index contributed by atoms with van der Waals surface area (Å²) < 4.78 is 9.49. The van der Waals surface area contributed by atoms with Crippen molar-refractivity contribution in [3.8, 4) is 0 Å². The maximum Gasteiger partial charge on any atom is 0.416 e. The minimum Gasteiger partial charge on any atom is -0.465 e. The lowest BCUT2D eigenvalue weighted by molar-refractivity contribution is 0.0294. The van der Waals surface area contributed by atoms with Crippen molar-refractivity contribution in [2.75, 3.05) is 29.9 Å². The molecule has 13 heteroatoms. The number of pyridine rings is 1. The molecule has 0 saturated carbocycles. The molecule has 2 amide bonds. The Hall–Kier alpha value is -4.39. The average Bonchev–Trinajstić information content (AvgIpc) is 3.50. The van der Waals surface area contributed by atoms with Gasteiger partial charge in [0.05, 0.1) is 31.1 Å². The van der Waals surface area contributed by atoms with Crippen molar-refractivity contribution in [2.24, 2.45) is 5.92 Å².